The summed E-state index contributed by atoms with van der Waals surface area (Å²) >= 11 is 0. The molecule has 0 aromatic heterocycles. The topological polar surface area (TPSA) is 38.3 Å². The van der Waals surface area contributed by atoms with Crippen molar-refractivity contribution < 1.29 is 9.22 Å². The Kier molecular flexibility index (Phi) is 8.95. The molecular weight excluding hydrogens is 362 g/mol. The summed E-state index contributed by atoms with van der Waals surface area (Å²) in [7, 11) is -1.66. The molecule has 28 heavy (non-hydrogen) atoms. The summed E-state index contributed by atoms with van der Waals surface area (Å²) < 4.78 is 6.29. The first-order valence-corrected chi connectivity index (χ1v) is 13.7. The Balaban J connectivity index is 2.62. The molecule has 1 N–H and O–H groups in total. The largest absolute Gasteiger partial charge is 0.417 e. The summed E-state index contributed by atoms with van der Waals surface area (Å²) in [4.78, 5) is 13.1. The van der Waals surface area contributed by atoms with Crippen molar-refractivity contribution in [2.75, 3.05) is 11.9 Å². The highest BCUT2D eigenvalue weighted by molar-refractivity contribution is 6.74. The van der Waals surface area contributed by atoms with Crippen molar-refractivity contribution >= 4 is 19.8 Å². The van der Waals surface area contributed by atoms with Crippen molar-refractivity contribution in [2.45, 2.75) is 91.9 Å². The monoisotopic (exact) mass is 405 g/mol. The third-order valence-electron chi connectivity index (χ3n) is 6.01. The van der Waals surface area contributed by atoms with E-state index in [1.165, 1.54) is 0 Å². The zero-order chi connectivity index (χ0) is 21.6. The molecule has 0 fully saturated rings. The first-order valence-electron chi connectivity index (χ1n) is 10.8. The average Bonchev–Trinajstić information content (AvgIpc) is 2.57. The second-order valence-corrected chi connectivity index (χ2v) is 15.5. The highest BCUT2D eigenvalue weighted by Gasteiger charge is 2.37. The van der Waals surface area contributed by atoms with Crippen molar-refractivity contribution in [3.8, 4) is 0 Å². The van der Waals surface area contributed by atoms with E-state index >= 15 is 0 Å². The van der Waals surface area contributed by atoms with Gasteiger partial charge in [0.2, 0.25) is 0 Å². The first-order chi connectivity index (χ1) is 12.8. The van der Waals surface area contributed by atoms with Crippen LogP contribution in [0.3, 0.4) is 0 Å². The van der Waals surface area contributed by atoms with Crippen molar-refractivity contribution in [1.29, 1.82) is 0 Å². The zero-order valence-electron chi connectivity index (χ0n) is 19.7. The molecule has 0 aliphatic heterocycles. The molecule has 3 nitrogen and oxygen atoms in total. The summed E-state index contributed by atoms with van der Waals surface area (Å²) in [6, 6.07) is 9.90. The van der Waals surface area contributed by atoms with Crippen LogP contribution in [0, 0.1) is 11.3 Å². The number of ketones is 1. The summed E-state index contributed by atoms with van der Waals surface area (Å²) in [5, 5.41) is 3.75. The van der Waals surface area contributed by atoms with Crippen LogP contribution in [-0.2, 0) is 9.22 Å². The van der Waals surface area contributed by atoms with Gasteiger partial charge in [0.05, 0.1) is 6.04 Å². The molecule has 0 radical (unpaired) electrons. The molecule has 0 amide bonds. The number of unbranched alkanes of at least 4 members (excludes halogenated alkanes) is 1. The summed E-state index contributed by atoms with van der Waals surface area (Å²) in [6.45, 7) is 20.5. The smallest absolute Gasteiger partial charge is 0.191 e. The number of carbonyl (C=O) groups excluding carboxylic acids is 1. The van der Waals surface area contributed by atoms with E-state index in [0.717, 1.165) is 31.6 Å². The Bertz CT molecular complexity index is 599. The van der Waals surface area contributed by atoms with E-state index in [0.29, 0.717) is 0 Å². The third kappa shape index (κ3) is 7.71. The number of hydrogen-bond acceptors (Lipinski definition) is 3. The lowest BCUT2D eigenvalue weighted by Gasteiger charge is -2.36. The number of hydrogen-bond donors (Lipinski definition) is 1. The molecule has 2 atom stereocenters. The minimum absolute atomic E-state index is 0.163. The minimum Gasteiger partial charge on any atom is -0.417 e. The molecule has 0 bridgehead atoms. The van der Waals surface area contributed by atoms with Gasteiger partial charge < -0.3 is 9.74 Å². The third-order valence-corrected chi connectivity index (χ3v) is 10.5. The highest BCUT2D eigenvalue weighted by atomic mass is 28.4. The first kappa shape index (κ1) is 24.9. The Hall–Kier alpha value is -1.13. The molecule has 4 heteroatoms. The van der Waals surface area contributed by atoms with Crippen LogP contribution in [0.15, 0.2) is 30.3 Å². The fraction of sp³-hybridized carbons (Fsp3) is 0.708. The number of rotatable bonds is 10. The molecule has 1 aromatic rings. The molecule has 0 saturated heterocycles. The molecular formula is C24H43NO2Si. The van der Waals surface area contributed by atoms with Gasteiger partial charge in [-0.3, -0.25) is 4.79 Å². The number of carbonyl (C=O) groups is 1. The SMILES string of the molecule is C[C@@H](CCCCO[Si](C)(C)C(C)(C)C)[C@H](Nc1ccccc1)C(=O)C(C)(C)C. The molecule has 0 aliphatic carbocycles. The van der Waals surface area contributed by atoms with Crippen molar-refractivity contribution in [3.63, 3.8) is 0 Å². The number of anilines is 1. The van der Waals surface area contributed by atoms with Crippen LogP contribution < -0.4 is 5.32 Å². The number of Topliss-reactive ketones (excluding diaryl/α,β-unsaturated/α-hetero) is 1. The van der Waals surface area contributed by atoms with E-state index in [1.54, 1.807) is 0 Å². The van der Waals surface area contributed by atoms with Gasteiger partial charge in [0.1, 0.15) is 0 Å². The average molecular weight is 406 g/mol. The molecule has 0 heterocycles. The molecule has 1 rings (SSSR count). The van der Waals surface area contributed by atoms with Gasteiger partial charge >= 0.3 is 0 Å². The van der Waals surface area contributed by atoms with Crippen LogP contribution in [-0.4, -0.2) is 26.7 Å². The van der Waals surface area contributed by atoms with Crippen LogP contribution in [0.1, 0.15) is 67.7 Å². The normalized spacial score (nSPS) is 15.2. The maximum Gasteiger partial charge on any atom is 0.191 e. The number of benzene rings is 1. The van der Waals surface area contributed by atoms with E-state index in [4.69, 9.17) is 4.43 Å². The quantitative estimate of drug-likeness (QED) is 0.339. The van der Waals surface area contributed by atoms with Crippen LogP contribution in [0.5, 0.6) is 0 Å². The predicted octanol–water partition coefficient (Wildman–Crippen LogP) is 6.91. The second kappa shape index (κ2) is 10.1. The van der Waals surface area contributed by atoms with Crippen LogP contribution >= 0.6 is 0 Å². The van der Waals surface area contributed by atoms with Gasteiger partial charge in [0, 0.05) is 17.7 Å². The van der Waals surface area contributed by atoms with Crippen LogP contribution in [0.2, 0.25) is 18.1 Å². The number of para-hydroxylation sites is 1. The Morgan fingerprint density at radius 1 is 1.04 bits per heavy atom. The summed E-state index contributed by atoms with van der Waals surface area (Å²) in [5.74, 6) is 0.557. The van der Waals surface area contributed by atoms with Crippen molar-refractivity contribution in [3.05, 3.63) is 30.3 Å². The molecule has 0 saturated carbocycles. The van der Waals surface area contributed by atoms with E-state index < -0.39 is 8.32 Å². The Morgan fingerprint density at radius 2 is 1.61 bits per heavy atom. The molecule has 0 spiro atoms. The lowest BCUT2D eigenvalue weighted by Crippen LogP contribution is -2.42. The second-order valence-electron chi connectivity index (χ2n) is 10.7. The van der Waals surface area contributed by atoms with Crippen molar-refractivity contribution in [1.82, 2.24) is 0 Å². The predicted molar refractivity (Wildman–Crippen MR) is 124 cm³/mol. The van der Waals surface area contributed by atoms with Gasteiger partial charge in [-0.1, -0.05) is 73.1 Å². The van der Waals surface area contributed by atoms with Gasteiger partial charge in [0.25, 0.3) is 0 Å². The highest BCUT2D eigenvalue weighted by Crippen LogP contribution is 2.36. The van der Waals surface area contributed by atoms with E-state index in [-0.39, 0.29) is 28.2 Å². The fourth-order valence-electron chi connectivity index (χ4n) is 2.93. The van der Waals surface area contributed by atoms with Crippen LogP contribution in [0.4, 0.5) is 5.69 Å². The van der Waals surface area contributed by atoms with E-state index in [1.807, 2.05) is 51.1 Å². The summed E-state index contributed by atoms with van der Waals surface area (Å²) in [6.07, 6.45) is 3.16. The van der Waals surface area contributed by atoms with Gasteiger partial charge in [-0.25, -0.2) is 0 Å². The Labute approximate surface area is 174 Å². The van der Waals surface area contributed by atoms with E-state index in [9.17, 15) is 4.79 Å². The fourth-order valence-corrected chi connectivity index (χ4v) is 4.01. The maximum atomic E-state index is 13.1. The van der Waals surface area contributed by atoms with E-state index in [2.05, 4.69) is 46.1 Å². The maximum absolute atomic E-state index is 13.1. The minimum atomic E-state index is -1.66. The van der Waals surface area contributed by atoms with Crippen LogP contribution in [0.25, 0.3) is 0 Å². The van der Waals surface area contributed by atoms with Gasteiger partial charge in [-0.2, -0.15) is 0 Å². The lowest BCUT2D eigenvalue weighted by atomic mass is 9.80. The van der Waals surface area contributed by atoms with Gasteiger partial charge in [-0.15, -0.1) is 0 Å². The molecule has 0 unspecified atom stereocenters. The van der Waals surface area contributed by atoms with Gasteiger partial charge in [0.15, 0.2) is 14.1 Å². The van der Waals surface area contributed by atoms with Gasteiger partial charge in [-0.05, 0) is 49.0 Å². The molecule has 0 aliphatic rings. The number of nitrogens with one attached hydrogen (secondary N) is 1. The Morgan fingerprint density at radius 3 is 2.11 bits per heavy atom. The molecule has 1 aromatic carbocycles. The summed E-state index contributed by atoms with van der Waals surface area (Å²) in [5.41, 5.74) is 0.657. The molecule has 160 valence electrons. The zero-order valence-corrected chi connectivity index (χ0v) is 20.7. The van der Waals surface area contributed by atoms with Crippen molar-refractivity contribution in [2.24, 2.45) is 11.3 Å². The standard InChI is InChI=1S/C24H43NO2Si/c1-19(15-13-14-18-27-28(8,9)24(5,6)7)21(22(26)23(2,3)4)25-20-16-11-10-12-17-20/h10-12,16-17,19,21,25H,13-15,18H2,1-9H3/t19-,21-/m0/s1. The lowest BCUT2D eigenvalue weighted by molar-refractivity contribution is -0.128.